The first-order valence-electron chi connectivity index (χ1n) is 8.54. The number of rotatable bonds is 7. The highest BCUT2D eigenvalue weighted by molar-refractivity contribution is 7.18. The smallest absolute Gasteiger partial charge is 0.341 e. The molecule has 1 amide bonds. The van der Waals surface area contributed by atoms with Crippen LogP contribution in [0.1, 0.15) is 42.9 Å². The summed E-state index contributed by atoms with van der Waals surface area (Å²) in [6.45, 7) is 1.54. The number of hydrogen-bond acceptors (Lipinski definition) is 8. The normalized spacial score (nSPS) is 10.3. The Morgan fingerprint density at radius 1 is 1.11 bits per heavy atom. The SMILES string of the molecule is CCOC(=O)c1c(N)sc(C(=O)NC)c1COC(=O)c1ccc(N(C)C)cc1. The van der Waals surface area contributed by atoms with Gasteiger partial charge in [0.05, 0.1) is 12.2 Å². The minimum absolute atomic E-state index is 0.0567. The number of ether oxygens (including phenoxy) is 2. The van der Waals surface area contributed by atoms with Gasteiger partial charge in [-0.25, -0.2) is 9.59 Å². The van der Waals surface area contributed by atoms with Crippen LogP contribution in [0, 0.1) is 0 Å². The van der Waals surface area contributed by atoms with E-state index in [1.807, 2.05) is 19.0 Å². The third-order valence-corrected chi connectivity index (χ3v) is 4.97. The number of nitrogens with two attached hydrogens (primary N) is 1. The molecule has 0 saturated heterocycles. The first-order valence-corrected chi connectivity index (χ1v) is 9.36. The quantitative estimate of drug-likeness (QED) is 0.680. The Labute approximate surface area is 167 Å². The van der Waals surface area contributed by atoms with E-state index in [2.05, 4.69) is 5.32 Å². The molecular formula is C19H23N3O5S. The Morgan fingerprint density at radius 3 is 2.29 bits per heavy atom. The zero-order chi connectivity index (χ0) is 20.8. The van der Waals surface area contributed by atoms with Crippen molar-refractivity contribution in [3.05, 3.63) is 45.8 Å². The number of carbonyl (C=O) groups is 3. The van der Waals surface area contributed by atoms with Crippen LogP contribution in [0.5, 0.6) is 0 Å². The van der Waals surface area contributed by atoms with Crippen molar-refractivity contribution in [3.63, 3.8) is 0 Å². The van der Waals surface area contributed by atoms with Crippen LogP contribution in [0.15, 0.2) is 24.3 Å². The summed E-state index contributed by atoms with van der Waals surface area (Å²) in [7, 11) is 5.25. The van der Waals surface area contributed by atoms with E-state index in [9.17, 15) is 14.4 Å². The van der Waals surface area contributed by atoms with Crippen molar-refractivity contribution in [1.82, 2.24) is 5.32 Å². The Morgan fingerprint density at radius 2 is 1.75 bits per heavy atom. The number of esters is 2. The zero-order valence-electron chi connectivity index (χ0n) is 16.2. The molecule has 2 aromatic rings. The van der Waals surface area contributed by atoms with Crippen LogP contribution < -0.4 is 16.0 Å². The highest BCUT2D eigenvalue weighted by Crippen LogP contribution is 2.32. The van der Waals surface area contributed by atoms with Gasteiger partial charge in [0, 0.05) is 32.4 Å². The van der Waals surface area contributed by atoms with Crippen molar-refractivity contribution < 1.29 is 23.9 Å². The molecule has 0 spiro atoms. The predicted octanol–water partition coefficient (Wildman–Crippen LogP) is 2.29. The second-order valence-electron chi connectivity index (χ2n) is 5.97. The van der Waals surface area contributed by atoms with Gasteiger partial charge in [0.2, 0.25) is 0 Å². The van der Waals surface area contributed by atoms with E-state index in [0.29, 0.717) is 5.56 Å². The molecule has 0 atom stereocenters. The third kappa shape index (κ3) is 4.61. The van der Waals surface area contributed by atoms with E-state index in [4.69, 9.17) is 15.2 Å². The Bertz CT molecular complexity index is 874. The summed E-state index contributed by atoms with van der Waals surface area (Å²) in [5, 5.41) is 2.63. The predicted molar refractivity (Wildman–Crippen MR) is 108 cm³/mol. The number of thiophene rings is 1. The van der Waals surface area contributed by atoms with Gasteiger partial charge in [0.1, 0.15) is 22.0 Å². The van der Waals surface area contributed by atoms with Gasteiger partial charge in [-0.05, 0) is 31.2 Å². The van der Waals surface area contributed by atoms with Crippen molar-refractivity contribution in [1.29, 1.82) is 0 Å². The average Bonchev–Trinajstić information content (AvgIpc) is 3.01. The molecule has 0 aliphatic rings. The lowest BCUT2D eigenvalue weighted by Crippen LogP contribution is -2.20. The van der Waals surface area contributed by atoms with Gasteiger partial charge in [-0.1, -0.05) is 0 Å². The summed E-state index contributed by atoms with van der Waals surface area (Å²) in [5.41, 5.74) is 7.51. The van der Waals surface area contributed by atoms with E-state index in [1.54, 1.807) is 31.2 Å². The minimum atomic E-state index is -0.659. The summed E-state index contributed by atoms with van der Waals surface area (Å²) in [6.07, 6.45) is 0. The summed E-state index contributed by atoms with van der Waals surface area (Å²) >= 11 is 0.949. The lowest BCUT2D eigenvalue weighted by atomic mass is 10.1. The minimum Gasteiger partial charge on any atom is -0.462 e. The lowest BCUT2D eigenvalue weighted by molar-refractivity contribution is 0.0449. The Hall–Kier alpha value is -3.07. The standard InChI is InChI=1S/C19H23N3O5S/c1-5-26-19(25)14-13(15(17(23)21-2)28-16(14)20)10-27-18(24)11-6-8-12(9-7-11)22(3)4/h6-9H,5,10,20H2,1-4H3,(H,21,23). The second-order valence-corrected chi connectivity index (χ2v) is 7.02. The maximum Gasteiger partial charge on any atom is 0.341 e. The lowest BCUT2D eigenvalue weighted by Gasteiger charge is -2.12. The molecule has 0 bridgehead atoms. The molecule has 150 valence electrons. The van der Waals surface area contributed by atoms with Crippen molar-refractivity contribution in [2.24, 2.45) is 0 Å². The molecule has 0 saturated carbocycles. The molecule has 0 fully saturated rings. The molecule has 0 aliphatic heterocycles. The van der Waals surface area contributed by atoms with Gasteiger partial charge >= 0.3 is 11.9 Å². The van der Waals surface area contributed by atoms with Crippen molar-refractivity contribution in [2.75, 3.05) is 38.4 Å². The van der Waals surface area contributed by atoms with Crippen LogP contribution in [0.2, 0.25) is 0 Å². The molecule has 0 aliphatic carbocycles. The third-order valence-electron chi connectivity index (χ3n) is 3.91. The van der Waals surface area contributed by atoms with Crippen LogP contribution in [0.3, 0.4) is 0 Å². The maximum atomic E-state index is 12.4. The number of nitrogens with zero attached hydrogens (tertiary/aromatic N) is 1. The highest BCUT2D eigenvalue weighted by Gasteiger charge is 2.27. The van der Waals surface area contributed by atoms with Crippen LogP contribution in [0.25, 0.3) is 0 Å². The fraction of sp³-hybridized carbons (Fsp3) is 0.316. The fourth-order valence-electron chi connectivity index (χ4n) is 2.46. The summed E-state index contributed by atoms with van der Waals surface area (Å²) < 4.78 is 10.4. The van der Waals surface area contributed by atoms with E-state index in [-0.39, 0.29) is 34.2 Å². The first kappa shape index (κ1) is 21.2. The molecule has 28 heavy (non-hydrogen) atoms. The van der Waals surface area contributed by atoms with Gasteiger partial charge in [-0.2, -0.15) is 0 Å². The van der Waals surface area contributed by atoms with Crippen LogP contribution >= 0.6 is 11.3 Å². The number of nitrogens with one attached hydrogen (secondary N) is 1. The Balaban J connectivity index is 2.27. The second kappa shape index (κ2) is 9.23. The van der Waals surface area contributed by atoms with Crippen LogP contribution in [-0.2, 0) is 16.1 Å². The van der Waals surface area contributed by atoms with Gasteiger partial charge in [0.15, 0.2) is 0 Å². The van der Waals surface area contributed by atoms with Crippen molar-refractivity contribution in [3.8, 4) is 0 Å². The number of hydrogen-bond donors (Lipinski definition) is 2. The van der Waals surface area contributed by atoms with Gasteiger partial charge < -0.3 is 25.4 Å². The molecular weight excluding hydrogens is 382 g/mol. The molecule has 0 radical (unpaired) electrons. The van der Waals surface area contributed by atoms with E-state index < -0.39 is 17.8 Å². The molecule has 8 nitrogen and oxygen atoms in total. The molecule has 2 rings (SSSR count). The van der Waals surface area contributed by atoms with E-state index >= 15 is 0 Å². The maximum absolute atomic E-state index is 12.4. The number of anilines is 2. The molecule has 9 heteroatoms. The topological polar surface area (TPSA) is 111 Å². The van der Waals surface area contributed by atoms with Crippen LogP contribution in [-0.4, -0.2) is 45.6 Å². The molecule has 1 aromatic heterocycles. The zero-order valence-corrected chi connectivity index (χ0v) is 17.0. The summed E-state index contributed by atoms with van der Waals surface area (Å²) in [4.78, 5) is 38.9. The monoisotopic (exact) mass is 405 g/mol. The summed E-state index contributed by atoms with van der Waals surface area (Å²) in [5.74, 6) is -1.66. The van der Waals surface area contributed by atoms with E-state index in [0.717, 1.165) is 17.0 Å². The fourth-order valence-corrected chi connectivity index (χ4v) is 3.47. The molecule has 1 aromatic carbocycles. The molecule has 3 N–H and O–H groups in total. The summed E-state index contributed by atoms with van der Waals surface area (Å²) in [6, 6.07) is 6.87. The number of benzene rings is 1. The first-order chi connectivity index (χ1) is 13.3. The number of amides is 1. The molecule has 1 heterocycles. The van der Waals surface area contributed by atoms with Crippen LogP contribution in [0.4, 0.5) is 10.7 Å². The van der Waals surface area contributed by atoms with Gasteiger partial charge in [-0.15, -0.1) is 11.3 Å². The van der Waals surface area contributed by atoms with E-state index in [1.165, 1.54) is 7.05 Å². The molecule has 0 unspecified atom stereocenters. The van der Waals surface area contributed by atoms with Crippen molar-refractivity contribution in [2.45, 2.75) is 13.5 Å². The Kier molecular flexibility index (Phi) is 7.00. The van der Waals surface area contributed by atoms with Gasteiger partial charge in [-0.3, -0.25) is 4.79 Å². The average molecular weight is 405 g/mol. The van der Waals surface area contributed by atoms with Gasteiger partial charge in [0.25, 0.3) is 5.91 Å². The number of nitrogen functional groups attached to an aromatic ring is 1. The van der Waals surface area contributed by atoms with Crippen molar-refractivity contribution >= 4 is 39.9 Å². The number of carbonyl (C=O) groups excluding carboxylic acids is 3. The highest BCUT2D eigenvalue weighted by atomic mass is 32.1. The largest absolute Gasteiger partial charge is 0.462 e.